The molecule has 1 saturated carbocycles. The van der Waals surface area contributed by atoms with Crippen LogP contribution in [0.25, 0.3) is 0 Å². The molecule has 3 nitrogen and oxygen atoms in total. The Morgan fingerprint density at radius 1 is 1.32 bits per heavy atom. The highest BCUT2D eigenvalue weighted by atomic mass is 16.5. The Hall–Kier alpha value is -1.06. The van der Waals surface area contributed by atoms with E-state index in [9.17, 15) is 5.11 Å². The van der Waals surface area contributed by atoms with E-state index in [1.54, 1.807) is 0 Å². The Labute approximate surface area is 113 Å². The van der Waals surface area contributed by atoms with Crippen LogP contribution in [0.2, 0.25) is 0 Å². The average Bonchev–Trinajstić information content (AvgIpc) is 2.71. The van der Waals surface area contributed by atoms with E-state index in [1.165, 1.54) is 11.1 Å². The molecule has 4 aliphatic rings. The van der Waals surface area contributed by atoms with Gasteiger partial charge in [0, 0.05) is 11.6 Å². The largest absolute Gasteiger partial charge is 0.489 e. The number of piperidine rings is 1. The van der Waals surface area contributed by atoms with Crippen LogP contribution in [0.15, 0.2) is 18.2 Å². The minimum atomic E-state index is -0.603. The van der Waals surface area contributed by atoms with E-state index in [0.29, 0.717) is 0 Å². The summed E-state index contributed by atoms with van der Waals surface area (Å²) in [6, 6.07) is 6.62. The van der Waals surface area contributed by atoms with E-state index in [0.717, 1.165) is 44.4 Å². The van der Waals surface area contributed by atoms with Crippen molar-refractivity contribution in [1.29, 1.82) is 0 Å². The number of hydrogen-bond acceptors (Lipinski definition) is 3. The molecule has 3 heteroatoms. The highest BCUT2D eigenvalue weighted by Gasteiger charge is 2.69. The molecule has 0 amide bonds. The van der Waals surface area contributed by atoms with E-state index in [-0.39, 0.29) is 17.6 Å². The minimum Gasteiger partial charge on any atom is -0.489 e. The third kappa shape index (κ3) is 0.986. The second kappa shape index (κ2) is 3.15. The molecule has 2 fully saturated rings. The predicted molar refractivity (Wildman–Crippen MR) is 71.4 cm³/mol. The third-order valence-electron chi connectivity index (χ3n) is 6.08. The lowest BCUT2D eigenvalue weighted by molar-refractivity contribution is -0.149. The molecule has 1 saturated heterocycles. The van der Waals surface area contributed by atoms with E-state index >= 15 is 0 Å². The van der Waals surface area contributed by atoms with Gasteiger partial charge in [0.1, 0.15) is 11.9 Å². The van der Waals surface area contributed by atoms with Crippen molar-refractivity contribution in [3.8, 4) is 5.75 Å². The number of aliphatic hydroxyl groups is 1. The first kappa shape index (κ1) is 10.7. The lowest BCUT2D eigenvalue weighted by Gasteiger charge is -2.60. The minimum absolute atomic E-state index is 0.134. The summed E-state index contributed by atoms with van der Waals surface area (Å²) in [6.07, 6.45) is 5.21. The summed E-state index contributed by atoms with van der Waals surface area (Å²) in [4.78, 5) is 0. The molecule has 2 N–H and O–H groups in total. The van der Waals surface area contributed by atoms with Crippen LogP contribution in [0.4, 0.5) is 0 Å². The zero-order valence-corrected chi connectivity index (χ0v) is 11.0. The standard InChI is InChI=1S/C16H19NO2/c18-16-6-2-5-13-15(16)7-8-17-12(16)9-10-3-1-4-11(19-13)14(10)15/h1,3-4,12-13,17-18H,2,5-9H2. The van der Waals surface area contributed by atoms with Gasteiger partial charge in [-0.1, -0.05) is 12.1 Å². The second-order valence-electron chi connectivity index (χ2n) is 6.65. The molecule has 2 aliphatic heterocycles. The van der Waals surface area contributed by atoms with Crippen LogP contribution < -0.4 is 10.1 Å². The maximum Gasteiger partial charge on any atom is 0.124 e. The van der Waals surface area contributed by atoms with Crippen molar-refractivity contribution in [1.82, 2.24) is 5.32 Å². The molecule has 4 unspecified atom stereocenters. The molecule has 2 bridgehead atoms. The highest BCUT2D eigenvalue weighted by molar-refractivity contribution is 5.56. The highest BCUT2D eigenvalue weighted by Crippen LogP contribution is 2.62. The van der Waals surface area contributed by atoms with Crippen LogP contribution in [0, 0.1) is 0 Å². The molecule has 100 valence electrons. The van der Waals surface area contributed by atoms with Gasteiger partial charge in [0.2, 0.25) is 0 Å². The smallest absolute Gasteiger partial charge is 0.124 e. The zero-order chi connectivity index (χ0) is 12.7. The number of benzene rings is 1. The van der Waals surface area contributed by atoms with Crippen molar-refractivity contribution in [3.05, 3.63) is 29.3 Å². The van der Waals surface area contributed by atoms with Crippen molar-refractivity contribution in [2.45, 2.75) is 55.3 Å². The van der Waals surface area contributed by atoms with Crippen LogP contribution in [-0.4, -0.2) is 29.4 Å². The zero-order valence-electron chi connectivity index (χ0n) is 11.0. The van der Waals surface area contributed by atoms with Gasteiger partial charge in [-0.05, 0) is 50.3 Å². The van der Waals surface area contributed by atoms with Gasteiger partial charge in [-0.15, -0.1) is 0 Å². The van der Waals surface area contributed by atoms with Crippen LogP contribution in [-0.2, 0) is 11.8 Å². The van der Waals surface area contributed by atoms with Crippen LogP contribution in [0.1, 0.15) is 36.8 Å². The molecule has 5 rings (SSSR count). The summed E-state index contributed by atoms with van der Waals surface area (Å²) in [6.45, 7) is 1.00. The van der Waals surface area contributed by atoms with Crippen molar-refractivity contribution in [3.63, 3.8) is 0 Å². The first-order valence-electron chi connectivity index (χ1n) is 7.50. The summed E-state index contributed by atoms with van der Waals surface area (Å²) in [7, 11) is 0. The molecule has 2 aliphatic carbocycles. The summed E-state index contributed by atoms with van der Waals surface area (Å²) >= 11 is 0. The fraction of sp³-hybridized carbons (Fsp3) is 0.625. The van der Waals surface area contributed by atoms with Gasteiger partial charge in [-0.3, -0.25) is 0 Å². The van der Waals surface area contributed by atoms with E-state index in [2.05, 4.69) is 23.5 Å². The molecular weight excluding hydrogens is 238 g/mol. The molecule has 1 spiro atoms. The maximum atomic E-state index is 11.5. The Balaban J connectivity index is 1.87. The lowest BCUT2D eigenvalue weighted by Crippen LogP contribution is -2.74. The number of rotatable bonds is 0. The lowest BCUT2D eigenvalue weighted by atomic mass is 9.49. The van der Waals surface area contributed by atoms with Gasteiger partial charge in [0.15, 0.2) is 0 Å². The van der Waals surface area contributed by atoms with E-state index in [4.69, 9.17) is 4.74 Å². The maximum absolute atomic E-state index is 11.5. The van der Waals surface area contributed by atoms with Gasteiger partial charge in [0.25, 0.3) is 0 Å². The van der Waals surface area contributed by atoms with Crippen molar-refractivity contribution < 1.29 is 9.84 Å². The quantitative estimate of drug-likeness (QED) is 0.740. The van der Waals surface area contributed by atoms with E-state index < -0.39 is 5.60 Å². The Bertz CT molecular complexity index is 572. The van der Waals surface area contributed by atoms with Crippen LogP contribution >= 0.6 is 0 Å². The summed E-state index contributed by atoms with van der Waals surface area (Å²) in [5.41, 5.74) is 2.00. The first-order chi connectivity index (χ1) is 9.26. The topological polar surface area (TPSA) is 41.5 Å². The molecule has 19 heavy (non-hydrogen) atoms. The van der Waals surface area contributed by atoms with Crippen LogP contribution in [0.3, 0.4) is 0 Å². The fourth-order valence-corrected chi connectivity index (χ4v) is 5.41. The van der Waals surface area contributed by atoms with Gasteiger partial charge < -0.3 is 15.2 Å². The van der Waals surface area contributed by atoms with Crippen molar-refractivity contribution >= 4 is 0 Å². The van der Waals surface area contributed by atoms with Gasteiger partial charge in [0.05, 0.1) is 11.0 Å². The first-order valence-corrected chi connectivity index (χ1v) is 7.50. The van der Waals surface area contributed by atoms with Gasteiger partial charge >= 0.3 is 0 Å². The average molecular weight is 257 g/mol. The molecule has 1 aromatic rings. The molecule has 1 aromatic carbocycles. The number of hydrogen-bond donors (Lipinski definition) is 2. The Morgan fingerprint density at radius 3 is 3.21 bits per heavy atom. The third-order valence-corrected chi connectivity index (χ3v) is 6.08. The molecule has 4 atom stereocenters. The summed E-state index contributed by atoms with van der Waals surface area (Å²) < 4.78 is 6.26. The number of nitrogens with one attached hydrogen (secondary N) is 1. The monoisotopic (exact) mass is 257 g/mol. The van der Waals surface area contributed by atoms with Gasteiger partial charge in [-0.25, -0.2) is 0 Å². The summed E-state index contributed by atoms with van der Waals surface area (Å²) in [5, 5.41) is 15.0. The molecule has 2 heterocycles. The van der Waals surface area contributed by atoms with Crippen molar-refractivity contribution in [2.24, 2.45) is 0 Å². The SMILES string of the molecule is OC12CCCC3Oc4cccc5c4C31CCNC2C5. The summed E-state index contributed by atoms with van der Waals surface area (Å²) in [5.74, 6) is 1.04. The van der Waals surface area contributed by atoms with Crippen molar-refractivity contribution in [2.75, 3.05) is 6.54 Å². The van der Waals surface area contributed by atoms with Crippen LogP contribution in [0.5, 0.6) is 5.75 Å². The number of ether oxygens (including phenoxy) is 1. The fourth-order valence-electron chi connectivity index (χ4n) is 5.41. The molecule has 0 radical (unpaired) electrons. The van der Waals surface area contributed by atoms with E-state index in [1.807, 2.05) is 0 Å². The Morgan fingerprint density at radius 2 is 2.26 bits per heavy atom. The second-order valence-corrected chi connectivity index (χ2v) is 6.65. The Kier molecular flexibility index (Phi) is 1.78. The molecular formula is C16H19NO2. The normalized spacial score (nSPS) is 45.5. The molecule has 0 aromatic heterocycles. The van der Waals surface area contributed by atoms with Gasteiger partial charge in [-0.2, -0.15) is 0 Å². The predicted octanol–water partition coefficient (Wildman–Crippen LogP) is 1.52.